The van der Waals surface area contributed by atoms with E-state index in [2.05, 4.69) is 0 Å². The van der Waals surface area contributed by atoms with Crippen molar-refractivity contribution in [2.24, 2.45) is 5.84 Å². The minimum absolute atomic E-state index is 0.140. The molecular formula is C10H12F2N2O3. The first kappa shape index (κ1) is 13.3. The third-order valence-corrected chi connectivity index (χ3v) is 1.94. The Morgan fingerprint density at radius 1 is 1.53 bits per heavy atom. The van der Waals surface area contributed by atoms with Gasteiger partial charge in [-0.3, -0.25) is 10.2 Å². The van der Waals surface area contributed by atoms with E-state index in [-0.39, 0.29) is 12.4 Å². The highest BCUT2D eigenvalue weighted by Gasteiger charge is 2.21. The van der Waals surface area contributed by atoms with Crippen LogP contribution in [0.2, 0.25) is 0 Å². The normalized spacial score (nSPS) is 12.0. The quantitative estimate of drug-likeness (QED) is 0.446. The Balaban J connectivity index is 2.85. The summed E-state index contributed by atoms with van der Waals surface area (Å²) < 4.78 is 35.9. The maximum atomic E-state index is 13.3. The SMILES string of the molecule is COCC(Oc1cccc(F)c1F)C(=O)NN. The van der Waals surface area contributed by atoms with Gasteiger partial charge in [-0.25, -0.2) is 10.2 Å². The molecule has 0 spiro atoms. The maximum Gasteiger partial charge on any atom is 0.277 e. The summed E-state index contributed by atoms with van der Waals surface area (Å²) in [6.45, 7) is -0.140. The molecule has 1 aromatic rings. The lowest BCUT2D eigenvalue weighted by atomic mass is 10.3. The third-order valence-electron chi connectivity index (χ3n) is 1.94. The molecule has 17 heavy (non-hydrogen) atoms. The van der Waals surface area contributed by atoms with Crippen molar-refractivity contribution in [3.63, 3.8) is 0 Å². The van der Waals surface area contributed by atoms with Crippen LogP contribution in [0.4, 0.5) is 8.78 Å². The molecule has 0 aliphatic rings. The Morgan fingerprint density at radius 3 is 2.82 bits per heavy atom. The molecule has 0 aliphatic heterocycles. The number of nitrogens with two attached hydrogens (primary N) is 1. The van der Waals surface area contributed by atoms with E-state index in [4.69, 9.17) is 15.3 Å². The predicted octanol–water partition coefficient (Wildman–Crippen LogP) is 0.349. The first-order valence-electron chi connectivity index (χ1n) is 4.70. The highest BCUT2D eigenvalue weighted by molar-refractivity contribution is 5.80. The average Bonchev–Trinajstić information content (AvgIpc) is 2.33. The van der Waals surface area contributed by atoms with Gasteiger partial charge in [0.15, 0.2) is 11.6 Å². The van der Waals surface area contributed by atoms with Gasteiger partial charge in [0, 0.05) is 7.11 Å². The first-order valence-corrected chi connectivity index (χ1v) is 4.70. The van der Waals surface area contributed by atoms with Crippen LogP contribution in [-0.2, 0) is 9.53 Å². The van der Waals surface area contributed by atoms with E-state index in [1.807, 2.05) is 5.43 Å². The fraction of sp³-hybridized carbons (Fsp3) is 0.300. The van der Waals surface area contributed by atoms with Crippen molar-refractivity contribution in [2.45, 2.75) is 6.10 Å². The molecule has 0 saturated heterocycles. The van der Waals surface area contributed by atoms with Gasteiger partial charge in [0.2, 0.25) is 11.9 Å². The van der Waals surface area contributed by atoms with Gasteiger partial charge < -0.3 is 9.47 Å². The maximum absolute atomic E-state index is 13.3. The van der Waals surface area contributed by atoms with E-state index in [1.165, 1.54) is 19.2 Å². The van der Waals surface area contributed by atoms with Crippen molar-refractivity contribution < 1.29 is 23.0 Å². The van der Waals surface area contributed by atoms with Gasteiger partial charge in [-0.05, 0) is 12.1 Å². The molecule has 1 amide bonds. The van der Waals surface area contributed by atoms with Crippen molar-refractivity contribution >= 4 is 5.91 Å². The predicted molar refractivity (Wildman–Crippen MR) is 55.0 cm³/mol. The lowest BCUT2D eigenvalue weighted by Gasteiger charge is -2.16. The number of methoxy groups -OCH3 is 1. The van der Waals surface area contributed by atoms with Crippen molar-refractivity contribution in [2.75, 3.05) is 13.7 Å². The van der Waals surface area contributed by atoms with E-state index >= 15 is 0 Å². The minimum atomic E-state index is -1.17. The van der Waals surface area contributed by atoms with E-state index in [0.29, 0.717) is 0 Å². The van der Waals surface area contributed by atoms with Gasteiger partial charge >= 0.3 is 0 Å². The van der Waals surface area contributed by atoms with Crippen molar-refractivity contribution in [3.8, 4) is 5.75 Å². The number of nitrogens with one attached hydrogen (secondary N) is 1. The van der Waals surface area contributed by atoms with E-state index < -0.39 is 23.6 Å². The lowest BCUT2D eigenvalue weighted by Crippen LogP contribution is -2.44. The second-order valence-corrected chi connectivity index (χ2v) is 3.12. The largest absolute Gasteiger partial charge is 0.475 e. The number of amides is 1. The van der Waals surface area contributed by atoms with Crippen LogP contribution in [0.5, 0.6) is 5.75 Å². The first-order chi connectivity index (χ1) is 8.10. The molecule has 7 heteroatoms. The van der Waals surface area contributed by atoms with Gasteiger partial charge in [0.25, 0.3) is 5.91 Å². The van der Waals surface area contributed by atoms with Gasteiger partial charge in [-0.2, -0.15) is 4.39 Å². The standard InChI is InChI=1S/C10H12F2N2O3/c1-16-5-8(10(15)14-13)17-7-4-2-3-6(11)9(7)12/h2-4,8H,5,13H2,1H3,(H,14,15). The third kappa shape index (κ3) is 3.36. The number of hydrogen-bond donors (Lipinski definition) is 2. The second kappa shape index (κ2) is 6.12. The van der Waals surface area contributed by atoms with Gasteiger partial charge in [-0.1, -0.05) is 6.07 Å². The molecule has 0 radical (unpaired) electrons. The van der Waals surface area contributed by atoms with Crippen LogP contribution in [0.25, 0.3) is 0 Å². The molecule has 1 rings (SSSR count). The summed E-state index contributed by atoms with van der Waals surface area (Å²) in [4.78, 5) is 11.2. The van der Waals surface area contributed by atoms with Crippen LogP contribution < -0.4 is 16.0 Å². The molecule has 0 heterocycles. The number of benzene rings is 1. The number of ether oxygens (including phenoxy) is 2. The van der Waals surface area contributed by atoms with Crippen molar-refractivity contribution in [1.29, 1.82) is 0 Å². The Kier molecular flexibility index (Phi) is 4.80. The minimum Gasteiger partial charge on any atom is -0.475 e. The number of hydrazine groups is 1. The van der Waals surface area contributed by atoms with Crippen molar-refractivity contribution in [3.05, 3.63) is 29.8 Å². The summed E-state index contributed by atoms with van der Waals surface area (Å²) in [6, 6.07) is 3.40. The zero-order valence-electron chi connectivity index (χ0n) is 9.07. The van der Waals surface area contributed by atoms with E-state index in [1.54, 1.807) is 0 Å². The number of hydrogen-bond acceptors (Lipinski definition) is 4. The summed E-state index contributed by atoms with van der Waals surface area (Å²) in [5.41, 5.74) is 1.84. The summed E-state index contributed by atoms with van der Waals surface area (Å²) in [5.74, 6) is 1.61. The number of carbonyl (C=O) groups excluding carboxylic acids is 1. The Hall–Kier alpha value is -1.73. The number of carbonyl (C=O) groups is 1. The second-order valence-electron chi connectivity index (χ2n) is 3.12. The molecule has 94 valence electrons. The Bertz CT molecular complexity index is 401. The summed E-state index contributed by atoms with van der Waals surface area (Å²) in [6.07, 6.45) is -1.15. The highest BCUT2D eigenvalue weighted by atomic mass is 19.2. The summed E-state index contributed by atoms with van der Waals surface area (Å²) in [7, 11) is 1.34. The topological polar surface area (TPSA) is 73.6 Å². The lowest BCUT2D eigenvalue weighted by molar-refractivity contribution is -0.130. The molecule has 3 N–H and O–H groups in total. The van der Waals surface area contributed by atoms with Crippen LogP contribution in [0, 0.1) is 11.6 Å². The smallest absolute Gasteiger partial charge is 0.277 e. The Morgan fingerprint density at radius 2 is 2.24 bits per heavy atom. The summed E-state index contributed by atoms with van der Waals surface area (Å²) >= 11 is 0. The Labute approximate surface area is 96.5 Å². The molecule has 0 saturated carbocycles. The molecule has 5 nitrogen and oxygen atoms in total. The summed E-state index contributed by atoms with van der Waals surface area (Å²) in [5, 5.41) is 0. The van der Waals surface area contributed by atoms with Crippen LogP contribution in [-0.4, -0.2) is 25.7 Å². The van der Waals surface area contributed by atoms with Gasteiger partial charge in [0.1, 0.15) is 0 Å². The van der Waals surface area contributed by atoms with Gasteiger partial charge in [-0.15, -0.1) is 0 Å². The van der Waals surface area contributed by atoms with E-state index in [9.17, 15) is 13.6 Å². The molecule has 1 aromatic carbocycles. The zero-order chi connectivity index (χ0) is 12.8. The fourth-order valence-corrected chi connectivity index (χ4v) is 1.14. The molecule has 0 bridgehead atoms. The average molecular weight is 246 g/mol. The number of rotatable bonds is 5. The fourth-order valence-electron chi connectivity index (χ4n) is 1.14. The molecular weight excluding hydrogens is 234 g/mol. The molecule has 0 aromatic heterocycles. The molecule has 0 fully saturated rings. The van der Waals surface area contributed by atoms with Crippen LogP contribution >= 0.6 is 0 Å². The van der Waals surface area contributed by atoms with Crippen LogP contribution in [0.1, 0.15) is 0 Å². The van der Waals surface area contributed by atoms with E-state index in [0.717, 1.165) is 6.07 Å². The highest BCUT2D eigenvalue weighted by Crippen LogP contribution is 2.20. The monoisotopic (exact) mass is 246 g/mol. The zero-order valence-corrected chi connectivity index (χ0v) is 9.07. The van der Waals surface area contributed by atoms with Crippen LogP contribution in [0.15, 0.2) is 18.2 Å². The van der Waals surface area contributed by atoms with Crippen molar-refractivity contribution in [1.82, 2.24) is 5.43 Å². The van der Waals surface area contributed by atoms with Crippen LogP contribution in [0.3, 0.4) is 0 Å². The molecule has 1 unspecified atom stereocenters. The van der Waals surface area contributed by atoms with Gasteiger partial charge in [0.05, 0.1) is 6.61 Å². The molecule has 1 atom stereocenters. The molecule has 0 aliphatic carbocycles. The number of halogens is 2.